The molecule has 1 heterocycles. The molecule has 5 nitrogen and oxygen atoms in total. The van der Waals surface area contributed by atoms with Gasteiger partial charge in [-0.2, -0.15) is 0 Å². The predicted octanol–water partition coefficient (Wildman–Crippen LogP) is 1.89. The first-order valence-corrected chi connectivity index (χ1v) is 7.08. The van der Waals surface area contributed by atoms with Gasteiger partial charge in [0.25, 0.3) is 0 Å². The molecule has 0 saturated carbocycles. The molecule has 1 aliphatic heterocycles. The van der Waals surface area contributed by atoms with E-state index >= 15 is 0 Å². The number of carboxylic acids is 1. The van der Waals surface area contributed by atoms with E-state index in [4.69, 9.17) is 5.11 Å². The highest BCUT2D eigenvalue weighted by molar-refractivity contribution is 5.87. The van der Waals surface area contributed by atoms with Crippen molar-refractivity contribution in [2.45, 2.75) is 25.8 Å². The molecule has 1 aromatic rings. The average Bonchev–Trinajstić information content (AvgIpc) is 2.46. The minimum absolute atomic E-state index is 0.0123. The molecular formula is C16H20N2O3. The largest absolute Gasteiger partial charge is 0.478 e. The molecule has 0 unspecified atom stereocenters. The standard InChI is InChI=1S/C16H20N2O3/c1-12(19)17-14-8-10-18(11-9-14)15-5-3-2-4-13(15)6-7-16(20)21/h2-7,14H,8-11H2,1H3,(H,17,19)(H,20,21)/b7-6+. The molecule has 2 rings (SSSR count). The van der Waals surface area contributed by atoms with Crippen molar-refractivity contribution in [1.82, 2.24) is 5.32 Å². The van der Waals surface area contributed by atoms with Gasteiger partial charge in [0.05, 0.1) is 0 Å². The molecule has 112 valence electrons. The number of anilines is 1. The summed E-state index contributed by atoms with van der Waals surface area (Å²) in [4.78, 5) is 24.0. The van der Waals surface area contributed by atoms with Crippen molar-refractivity contribution in [3.8, 4) is 0 Å². The van der Waals surface area contributed by atoms with Crippen LogP contribution >= 0.6 is 0 Å². The van der Waals surface area contributed by atoms with Crippen molar-refractivity contribution in [1.29, 1.82) is 0 Å². The quantitative estimate of drug-likeness (QED) is 0.830. The van der Waals surface area contributed by atoms with Gasteiger partial charge in [-0.1, -0.05) is 18.2 Å². The lowest BCUT2D eigenvalue weighted by Gasteiger charge is -2.34. The zero-order valence-corrected chi connectivity index (χ0v) is 12.1. The summed E-state index contributed by atoms with van der Waals surface area (Å²) in [5.74, 6) is -0.938. The van der Waals surface area contributed by atoms with Gasteiger partial charge in [0, 0.05) is 37.8 Å². The lowest BCUT2D eigenvalue weighted by Crippen LogP contribution is -2.44. The van der Waals surface area contributed by atoms with E-state index in [0.717, 1.165) is 43.3 Å². The molecule has 0 bridgehead atoms. The fraction of sp³-hybridized carbons (Fsp3) is 0.375. The molecule has 0 aromatic heterocycles. The number of piperidine rings is 1. The van der Waals surface area contributed by atoms with E-state index in [9.17, 15) is 9.59 Å². The topological polar surface area (TPSA) is 69.6 Å². The number of hydrogen-bond donors (Lipinski definition) is 2. The molecule has 5 heteroatoms. The highest BCUT2D eigenvalue weighted by Gasteiger charge is 2.20. The Morgan fingerprint density at radius 1 is 1.29 bits per heavy atom. The molecule has 0 atom stereocenters. The summed E-state index contributed by atoms with van der Waals surface area (Å²) in [7, 11) is 0. The SMILES string of the molecule is CC(=O)NC1CCN(c2ccccc2/C=C/C(=O)O)CC1. The van der Waals surface area contributed by atoms with Crippen LogP contribution in [0.4, 0.5) is 5.69 Å². The van der Waals surface area contributed by atoms with E-state index in [1.807, 2.05) is 24.3 Å². The lowest BCUT2D eigenvalue weighted by atomic mass is 10.0. The number of carbonyl (C=O) groups is 2. The van der Waals surface area contributed by atoms with Crippen molar-refractivity contribution in [2.24, 2.45) is 0 Å². The highest BCUT2D eigenvalue weighted by Crippen LogP contribution is 2.25. The number of nitrogens with zero attached hydrogens (tertiary/aromatic N) is 1. The number of para-hydroxylation sites is 1. The van der Waals surface area contributed by atoms with Crippen molar-refractivity contribution >= 4 is 23.6 Å². The molecule has 2 N–H and O–H groups in total. The average molecular weight is 288 g/mol. The van der Waals surface area contributed by atoms with Gasteiger partial charge in [0.1, 0.15) is 0 Å². The van der Waals surface area contributed by atoms with E-state index in [-0.39, 0.29) is 11.9 Å². The maximum absolute atomic E-state index is 11.1. The van der Waals surface area contributed by atoms with E-state index in [1.165, 1.54) is 0 Å². The molecule has 0 aliphatic carbocycles. The molecule has 0 spiro atoms. The summed E-state index contributed by atoms with van der Waals surface area (Å²) < 4.78 is 0. The van der Waals surface area contributed by atoms with Crippen molar-refractivity contribution in [2.75, 3.05) is 18.0 Å². The van der Waals surface area contributed by atoms with Gasteiger partial charge in [0.2, 0.25) is 5.91 Å². The van der Waals surface area contributed by atoms with Crippen LogP contribution in [0.5, 0.6) is 0 Å². The van der Waals surface area contributed by atoms with Crippen LogP contribution in [0.3, 0.4) is 0 Å². The van der Waals surface area contributed by atoms with Crippen LogP contribution in [0.15, 0.2) is 30.3 Å². The van der Waals surface area contributed by atoms with E-state index in [2.05, 4.69) is 10.2 Å². The van der Waals surface area contributed by atoms with E-state index in [0.29, 0.717) is 0 Å². The second-order valence-corrected chi connectivity index (χ2v) is 5.19. The molecule has 21 heavy (non-hydrogen) atoms. The third-order valence-corrected chi connectivity index (χ3v) is 3.59. The first-order chi connectivity index (χ1) is 10.1. The minimum Gasteiger partial charge on any atom is -0.478 e. The summed E-state index contributed by atoms with van der Waals surface area (Å²) in [6.07, 6.45) is 4.58. The zero-order chi connectivity index (χ0) is 15.2. The maximum atomic E-state index is 11.1. The molecule has 1 fully saturated rings. The van der Waals surface area contributed by atoms with Crippen LogP contribution in [0, 0.1) is 0 Å². The zero-order valence-electron chi connectivity index (χ0n) is 12.1. The Morgan fingerprint density at radius 2 is 1.95 bits per heavy atom. The van der Waals surface area contributed by atoms with Crippen LogP contribution in [-0.4, -0.2) is 36.1 Å². The molecule has 1 aromatic carbocycles. The first kappa shape index (κ1) is 15.1. The number of amides is 1. The monoisotopic (exact) mass is 288 g/mol. The number of hydrogen-bond acceptors (Lipinski definition) is 3. The third-order valence-electron chi connectivity index (χ3n) is 3.59. The van der Waals surface area contributed by atoms with Gasteiger partial charge < -0.3 is 15.3 Å². The molecular weight excluding hydrogens is 268 g/mol. The summed E-state index contributed by atoms with van der Waals surface area (Å²) in [6, 6.07) is 8.00. The van der Waals surface area contributed by atoms with Crippen LogP contribution in [0.25, 0.3) is 6.08 Å². The van der Waals surface area contributed by atoms with Gasteiger partial charge in [0.15, 0.2) is 0 Å². The Kier molecular flexibility index (Phi) is 4.98. The smallest absolute Gasteiger partial charge is 0.328 e. The predicted molar refractivity (Wildman–Crippen MR) is 82.2 cm³/mol. The molecule has 1 saturated heterocycles. The fourth-order valence-corrected chi connectivity index (χ4v) is 2.63. The van der Waals surface area contributed by atoms with E-state index in [1.54, 1.807) is 13.0 Å². The van der Waals surface area contributed by atoms with Gasteiger partial charge >= 0.3 is 5.97 Å². The van der Waals surface area contributed by atoms with Gasteiger partial charge in [-0.3, -0.25) is 4.79 Å². The van der Waals surface area contributed by atoms with E-state index < -0.39 is 5.97 Å². The van der Waals surface area contributed by atoms with Crippen molar-refractivity contribution in [3.05, 3.63) is 35.9 Å². The van der Waals surface area contributed by atoms with Crippen LogP contribution in [0.1, 0.15) is 25.3 Å². The number of nitrogens with one attached hydrogen (secondary N) is 1. The molecule has 0 radical (unpaired) electrons. The number of aliphatic carboxylic acids is 1. The second kappa shape index (κ2) is 6.92. The van der Waals surface area contributed by atoms with Crippen molar-refractivity contribution in [3.63, 3.8) is 0 Å². The Labute approximate surface area is 124 Å². The summed E-state index contributed by atoms with van der Waals surface area (Å²) in [5.41, 5.74) is 1.94. The second-order valence-electron chi connectivity index (χ2n) is 5.19. The summed E-state index contributed by atoms with van der Waals surface area (Å²) in [6.45, 7) is 3.24. The number of benzene rings is 1. The number of rotatable bonds is 4. The Morgan fingerprint density at radius 3 is 2.57 bits per heavy atom. The lowest BCUT2D eigenvalue weighted by molar-refractivity contribution is -0.131. The Hall–Kier alpha value is -2.30. The van der Waals surface area contributed by atoms with Crippen LogP contribution in [0.2, 0.25) is 0 Å². The maximum Gasteiger partial charge on any atom is 0.328 e. The minimum atomic E-state index is -0.950. The fourth-order valence-electron chi connectivity index (χ4n) is 2.63. The summed E-state index contributed by atoms with van der Waals surface area (Å²) in [5, 5.41) is 11.7. The number of carboxylic acid groups (broad SMARTS) is 1. The molecule has 1 amide bonds. The third kappa shape index (κ3) is 4.34. The van der Waals surface area contributed by atoms with Crippen molar-refractivity contribution < 1.29 is 14.7 Å². The highest BCUT2D eigenvalue weighted by atomic mass is 16.4. The normalized spacial score (nSPS) is 16.1. The Bertz CT molecular complexity index is 546. The first-order valence-electron chi connectivity index (χ1n) is 7.08. The Balaban J connectivity index is 2.06. The summed E-state index contributed by atoms with van der Waals surface area (Å²) >= 11 is 0. The van der Waals surface area contributed by atoms with Gasteiger partial charge in [-0.05, 0) is 30.5 Å². The van der Waals surface area contributed by atoms with Gasteiger partial charge in [-0.15, -0.1) is 0 Å². The van der Waals surface area contributed by atoms with Crippen LogP contribution < -0.4 is 10.2 Å². The van der Waals surface area contributed by atoms with Crippen LogP contribution in [-0.2, 0) is 9.59 Å². The number of carbonyl (C=O) groups excluding carboxylic acids is 1. The van der Waals surface area contributed by atoms with Gasteiger partial charge in [-0.25, -0.2) is 4.79 Å². The molecule has 1 aliphatic rings.